The summed E-state index contributed by atoms with van der Waals surface area (Å²) in [6.07, 6.45) is 3.79. The Morgan fingerprint density at radius 2 is 2.06 bits per heavy atom. The van der Waals surface area contributed by atoms with E-state index in [1.165, 1.54) is 19.1 Å². The Morgan fingerprint density at radius 3 is 2.62 bits per heavy atom. The smallest absolute Gasteiger partial charge is 0.185 e. The van der Waals surface area contributed by atoms with E-state index in [-0.39, 0.29) is 23.7 Å². The zero-order chi connectivity index (χ0) is 12.0. The van der Waals surface area contributed by atoms with Gasteiger partial charge in [-0.2, -0.15) is 0 Å². The second kappa shape index (κ2) is 5.80. The van der Waals surface area contributed by atoms with Crippen LogP contribution in [0.3, 0.4) is 0 Å². The van der Waals surface area contributed by atoms with Gasteiger partial charge in [0.2, 0.25) is 0 Å². The lowest BCUT2D eigenvalue weighted by Gasteiger charge is -1.92. The first kappa shape index (κ1) is 12.1. The third-order valence-corrected chi connectivity index (χ3v) is 1.92. The van der Waals surface area contributed by atoms with Crippen LogP contribution in [0.15, 0.2) is 28.7 Å². The summed E-state index contributed by atoms with van der Waals surface area (Å²) in [4.78, 5) is 32.1. The van der Waals surface area contributed by atoms with E-state index in [9.17, 15) is 14.4 Å². The molecule has 4 heteroatoms. The molecule has 0 amide bonds. The highest BCUT2D eigenvalue weighted by Gasteiger charge is 2.03. The summed E-state index contributed by atoms with van der Waals surface area (Å²) in [7, 11) is 0. The van der Waals surface area contributed by atoms with E-state index >= 15 is 0 Å². The van der Waals surface area contributed by atoms with Crippen LogP contribution in [0.5, 0.6) is 0 Å². The van der Waals surface area contributed by atoms with Gasteiger partial charge in [0, 0.05) is 12.8 Å². The van der Waals surface area contributed by atoms with Crippen LogP contribution < -0.4 is 0 Å². The van der Waals surface area contributed by atoms with Gasteiger partial charge >= 0.3 is 0 Å². The summed E-state index contributed by atoms with van der Waals surface area (Å²) in [5.41, 5.74) is 0. The molecule has 0 N–H and O–H groups in total. The fraction of sp³-hybridized carbons (Fsp3) is 0.250. The molecule has 1 heterocycles. The molecule has 0 unspecified atom stereocenters. The molecule has 4 nitrogen and oxygen atoms in total. The molecule has 1 aromatic heterocycles. The van der Waals surface area contributed by atoms with Crippen molar-refractivity contribution in [2.24, 2.45) is 0 Å². The quantitative estimate of drug-likeness (QED) is 0.541. The average molecular weight is 220 g/mol. The maximum atomic E-state index is 11.2. The Hall–Kier alpha value is -1.97. The number of hydrogen-bond donors (Lipinski definition) is 0. The number of furan rings is 1. The van der Waals surface area contributed by atoms with E-state index in [0.717, 1.165) is 0 Å². The standard InChI is InChI=1S/C12H12O4/c1-9(14)2-3-10(15)4-5-11-6-7-12(8-13)16-11/h2-3,6-8H,4-5H2,1H3/b3-2-. The number of hydrogen-bond acceptors (Lipinski definition) is 4. The number of aryl methyl sites for hydroxylation is 1. The van der Waals surface area contributed by atoms with Gasteiger partial charge in [-0.25, -0.2) is 0 Å². The van der Waals surface area contributed by atoms with Crippen molar-refractivity contribution in [2.75, 3.05) is 0 Å². The maximum absolute atomic E-state index is 11.2. The highest BCUT2D eigenvalue weighted by Crippen LogP contribution is 2.08. The summed E-state index contributed by atoms with van der Waals surface area (Å²) in [5, 5.41) is 0. The summed E-state index contributed by atoms with van der Waals surface area (Å²) in [6.45, 7) is 1.38. The van der Waals surface area contributed by atoms with Gasteiger partial charge in [-0.3, -0.25) is 14.4 Å². The largest absolute Gasteiger partial charge is 0.458 e. The van der Waals surface area contributed by atoms with Crippen molar-refractivity contribution >= 4 is 17.9 Å². The lowest BCUT2D eigenvalue weighted by Crippen LogP contribution is -1.96. The molecule has 16 heavy (non-hydrogen) atoms. The van der Waals surface area contributed by atoms with Gasteiger partial charge in [-0.1, -0.05) is 0 Å². The molecule has 0 saturated carbocycles. The first-order valence-electron chi connectivity index (χ1n) is 4.87. The lowest BCUT2D eigenvalue weighted by molar-refractivity contribution is -0.116. The minimum absolute atomic E-state index is 0.140. The predicted octanol–water partition coefficient (Wildman–Crippen LogP) is 1.74. The summed E-state index contributed by atoms with van der Waals surface area (Å²) in [5.74, 6) is 0.544. The van der Waals surface area contributed by atoms with Gasteiger partial charge in [0.25, 0.3) is 0 Å². The van der Waals surface area contributed by atoms with Gasteiger partial charge in [-0.05, 0) is 31.2 Å². The van der Waals surface area contributed by atoms with Crippen LogP contribution in [0, 0.1) is 0 Å². The molecule has 1 aromatic rings. The molecule has 0 spiro atoms. The van der Waals surface area contributed by atoms with Crippen LogP contribution >= 0.6 is 0 Å². The molecular formula is C12H12O4. The Labute approximate surface area is 92.9 Å². The second-order valence-electron chi connectivity index (χ2n) is 3.33. The topological polar surface area (TPSA) is 64.3 Å². The van der Waals surface area contributed by atoms with Crippen LogP contribution in [-0.4, -0.2) is 17.9 Å². The van der Waals surface area contributed by atoms with Crippen LogP contribution in [0.1, 0.15) is 29.7 Å². The minimum atomic E-state index is -0.158. The van der Waals surface area contributed by atoms with Gasteiger partial charge in [0.15, 0.2) is 23.6 Å². The molecule has 0 aromatic carbocycles. The fourth-order valence-electron chi connectivity index (χ4n) is 1.13. The molecular weight excluding hydrogens is 208 g/mol. The summed E-state index contributed by atoms with van der Waals surface area (Å²) < 4.78 is 5.10. The third-order valence-electron chi connectivity index (χ3n) is 1.92. The molecule has 0 aliphatic carbocycles. The normalized spacial score (nSPS) is 10.6. The molecule has 0 fully saturated rings. The molecule has 0 bridgehead atoms. The highest BCUT2D eigenvalue weighted by atomic mass is 16.3. The van der Waals surface area contributed by atoms with Crippen LogP contribution in [0.4, 0.5) is 0 Å². The first-order valence-corrected chi connectivity index (χ1v) is 4.87. The Bertz CT molecular complexity index is 426. The molecule has 84 valence electrons. The molecule has 0 atom stereocenters. The van der Waals surface area contributed by atoms with Crippen molar-refractivity contribution in [3.8, 4) is 0 Å². The van der Waals surface area contributed by atoms with Crippen LogP contribution in [-0.2, 0) is 16.0 Å². The molecule has 1 rings (SSSR count). The number of rotatable bonds is 6. The zero-order valence-electron chi connectivity index (χ0n) is 8.93. The van der Waals surface area contributed by atoms with Crippen LogP contribution in [0.2, 0.25) is 0 Å². The van der Waals surface area contributed by atoms with E-state index in [1.807, 2.05) is 0 Å². The van der Waals surface area contributed by atoms with Gasteiger partial charge < -0.3 is 4.42 Å². The second-order valence-corrected chi connectivity index (χ2v) is 3.33. The lowest BCUT2D eigenvalue weighted by atomic mass is 10.1. The van der Waals surface area contributed by atoms with Gasteiger partial charge in [-0.15, -0.1) is 0 Å². The predicted molar refractivity (Wildman–Crippen MR) is 57.2 cm³/mol. The number of ketones is 2. The van der Waals surface area contributed by atoms with Crippen molar-refractivity contribution in [1.29, 1.82) is 0 Å². The average Bonchev–Trinajstić information content (AvgIpc) is 2.71. The maximum Gasteiger partial charge on any atom is 0.185 e. The van der Waals surface area contributed by atoms with Crippen molar-refractivity contribution in [2.45, 2.75) is 19.8 Å². The first-order chi connectivity index (χ1) is 7.61. The SMILES string of the molecule is CC(=O)/C=C\C(=O)CCc1ccc(C=O)o1. The van der Waals surface area contributed by atoms with Crippen LogP contribution in [0.25, 0.3) is 0 Å². The van der Waals surface area contributed by atoms with E-state index in [2.05, 4.69) is 0 Å². The van der Waals surface area contributed by atoms with Crippen molar-refractivity contribution in [1.82, 2.24) is 0 Å². The number of carbonyl (C=O) groups is 3. The Balaban J connectivity index is 2.42. The zero-order valence-corrected chi connectivity index (χ0v) is 8.93. The molecule has 0 aliphatic rings. The molecule has 0 aliphatic heterocycles. The molecule has 0 saturated heterocycles. The molecule has 0 radical (unpaired) electrons. The Morgan fingerprint density at radius 1 is 1.31 bits per heavy atom. The number of allylic oxidation sites excluding steroid dienone is 2. The Kier molecular flexibility index (Phi) is 4.39. The van der Waals surface area contributed by atoms with Crippen molar-refractivity contribution in [3.05, 3.63) is 35.8 Å². The van der Waals surface area contributed by atoms with Gasteiger partial charge in [0.05, 0.1) is 0 Å². The highest BCUT2D eigenvalue weighted by molar-refractivity contribution is 5.97. The number of carbonyl (C=O) groups excluding carboxylic acids is 3. The van der Waals surface area contributed by atoms with E-state index in [1.54, 1.807) is 12.1 Å². The number of aldehydes is 1. The summed E-state index contributed by atoms with van der Waals surface area (Å²) >= 11 is 0. The van der Waals surface area contributed by atoms with Crippen molar-refractivity contribution < 1.29 is 18.8 Å². The van der Waals surface area contributed by atoms with E-state index in [0.29, 0.717) is 18.5 Å². The van der Waals surface area contributed by atoms with Crippen molar-refractivity contribution in [3.63, 3.8) is 0 Å². The minimum Gasteiger partial charge on any atom is -0.458 e. The fourth-order valence-corrected chi connectivity index (χ4v) is 1.13. The van der Waals surface area contributed by atoms with E-state index < -0.39 is 0 Å². The third kappa shape index (κ3) is 4.04. The summed E-state index contributed by atoms with van der Waals surface area (Å²) in [6, 6.07) is 3.21. The monoisotopic (exact) mass is 220 g/mol. The van der Waals surface area contributed by atoms with E-state index in [4.69, 9.17) is 4.42 Å². The van der Waals surface area contributed by atoms with Gasteiger partial charge in [0.1, 0.15) is 5.76 Å².